The molecular weight excluding hydrogens is 148 g/mol. The van der Waals surface area contributed by atoms with Gasteiger partial charge in [-0.2, -0.15) is 0 Å². The largest absolute Gasteiger partial charge is 0.402 e. The number of allylic oxidation sites excluding steroid dienone is 2. The highest BCUT2D eigenvalue weighted by molar-refractivity contribution is 5.99. The molecule has 3 N–H and O–H groups in total. The summed E-state index contributed by atoms with van der Waals surface area (Å²) >= 11 is 0. The lowest BCUT2D eigenvalue weighted by Gasteiger charge is -2.12. The van der Waals surface area contributed by atoms with E-state index in [0.29, 0.717) is 5.92 Å². The van der Waals surface area contributed by atoms with Gasteiger partial charge in [0.15, 0.2) is 0 Å². The van der Waals surface area contributed by atoms with Crippen molar-refractivity contribution in [2.75, 3.05) is 0 Å². The molecule has 0 atom stereocenters. The lowest BCUT2D eigenvalue weighted by atomic mass is 9.95. The Morgan fingerprint density at radius 1 is 1.25 bits per heavy atom. The molecule has 12 heavy (non-hydrogen) atoms. The minimum Gasteiger partial charge on any atom is -0.402 e. The van der Waals surface area contributed by atoms with E-state index in [2.05, 4.69) is 0 Å². The van der Waals surface area contributed by atoms with Crippen molar-refractivity contribution in [1.82, 2.24) is 0 Å². The maximum absolute atomic E-state index is 7.88. The highest BCUT2D eigenvalue weighted by atomic mass is 14.6. The van der Waals surface area contributed by atoms with Crippen molar-refractivity contribution in [3.63, 3.8) is 0 Å². The molecule has 0 saturated heterocycles. The van der Waals surface area contributed by atoms with Crippen LogP contribution >= 0.6 is 0 Å². The Morgan fingerprint density at radius 3 is 2.17 bits per heavy atom. The minimum absolute atomic E-state index is 0.489. The van der Waals surface area contributed by atoms with Gasteiger partial charge in [0.2, 0.25) is 0 Å². The van der Waals surface area contributed by atoms with Crippen LogP contribution in [0.3, 0.4) is 0 Å². The maximum Gasteiger partial charge on any atom is 0.0390 e. The Hall–Kier alpha value is -0.790. The lowest BCUT2D eigenvalue weighted by Crippen LogP contribution is -2.14. The molecule has 0 heterocycles. The van der Waals surface area contributed by atoms with Crippen molar-refractivity contribution in [3.8, 4) is 0 Å². The molecule has 0 unspecified atom stereocenters. The van der Waals surface area contributed by atoms with E-state index in [9.17, 15) is 0 Å². The summed E-state index contributed by atoms with van der Waals surface area (Å²) in [6.45, 7) is 3.83. The Kier molecular flexibility index (Phi) is 2.90. The molecule has 0 aromatic rings. The van der Waals surface area contributed by atoms with Crippen molar-refractivity contribution in [2.24, 2.45) is 11.7 Å². The van der Waals surface area contributed by atoms with Gasteiger partial charge in [-0.05, 0) is 32.3 Å². The van der Waals surface area contributed by atoms with E-state index in [1.165, 1.54) is 25.7 Å². The molecule has 1 fully saturated rings. The molecule has 0 aromatic heterocycles. The van der Waals surface area contributed by atoms with Crippen LogP contribution in [0.4, 0.5) is 0 Å². The van der Waals surface area contributed by atoms with E-state index in [0.717, 1.165) is 17.0 Å². The second kappa shape index (κ2) is 3.74. The molecule has 2 nitrogen and oxygen atoms in total. The zero-order chi connectivity index (χ0) is 9.14. The van der Waals surface area contributed by atoms with Crippen molar-refractivity contribution < 1.29 is 0 Å². The van der Waals surface area contributed by atoms with Crippen molar-refractivity contribution in [3.05, 3.63) is 11.3 Å². The summed E-state index contributed by atoms with van der Waals surface area (Å²) in [6, 6.07) is 0. The fourth-order valence-electron chi connectivity index (χ4n) is 1.73. The van der Waals surface area contributed by atoms with Gasteiger partial charge in [0.25, 0.3) is 0 Å². The van der Waals surface area contributed by atoms with Crippen LogP contribution in [0.2, 0.25) is 0 Å². The summed E-state index contributed by atoms with van der Waals surface area (Å²) in [4.78, 5) is 0. The molecule has 0 bridgehead atoms. The molecular formula is C10H18N2. The smallest absolute Gasteiger partial charge is 0.0390 e. The van der Waals surface area contributed by atoms with E-state index in [1.807, 2.05) is 13.8 Å². The predicted molar refractivity (Wildman–Crippen MR) is 52.2 cm³/mol. The van der Waals surface area contributed by atoms with Crippen LogP contribution in [0, 0.1) is 11.3 Å². The van der Waals surface area contributed by atoms with Crippen molar-refractivity contribution in [1.29, 1.82) is 5.41 Å². The third-order valence-corrected chi connectivity index (χ3v) is 2.76. The average Bonchev–Trinajstić information content (AvgIpc) is 2.53. The lowest BCUT2D eigenvalue weighted by molar-refractivity contribution is 0.722. The van der Waals surface area contributed by atoms with E-state index in [1.54, 1.807) is 0 Å². The van der Waals surface area contributed by atoms with Crippen molar-refractivity contribution >= 4 is 5.71 Å². The predicted octanol–water partition coefficient (Wildman–Crippen LogP) is 2.45. The molecule has 68 valence electrons. The van der Waals surface area contributed by atoms with Gasteiger partial charge in [0.1, 0.15) is 0 Å². The van der Waals surface area contributed by atoms with Crippen LogP contribution in [-0.2, 0) is 0 Å². The summed E-state index contributed by atoms with van der Waals surface area (Å²) in [6.07, 6.45) is 4.93. The summed E-state index contributed by atoms with van der Waals surface area (Å²) in [5, 5.41) is 7.88. The molecule has 1 aliphatic rings. The van der Waals surface area contributed by atoms with Crippen LogP contribution in [0.15, 0.2) is 11.3 Å². The van der Waals surface area contributed by atoms with E-state index < -0.39 is 0 Å². The molecule has 0 aliphatic heterocycles. The standard InChI is InChI=1S/C10H18N2/c1-7(8(2)11)10(12)9-5-3-4-6-9/h9,12H,3-6,11H2,1-2H3/b8-7-,12-10?. The summed E-state index contributed by atoms with van der Waals surface area (Å²) in [7, 11) is 0. The van der Waals surface area contributed by atoms with E-state index in [-0.39, 0.29) is 0 Å². The van der Waals surface area contributed by atoms with Gasteiger partial charge in [0, 0.05) is 17.3 Å². The van der Waals surface area contributed by atoms with Gasteiger partial charge in [-0.15, -0.1) is 0 Å². The second-order valence-corrected chi connectivity index (χ2v) is 3.70. The Morgan fingerprint density at radius 2 is 1.75 bits per heavy atom. The SMILES string of the molecule is C/C(N)=C(\C)C(=N)C1CCCC1. The normalized spacial score (nSPS) is 20.8. The fourth-order valence-corrected chi connectivity index (χ4v) is 1.73. The fraction of sp³-hybridized carbons (Fsp3) is 0.700. The molecule has 0 spiro atoms. The second-order valence-electron chi connectivity index (χ2n) is 3.70. The van der Waals surface area contributed by atoms with Gasteiger partial charge in [0.05, 0.1) is 0 Å². The number of nitrogens with one attached hydrogen (secondary N) is 1. The summed E-state index contributed by atoms with van der Waals surface area (Å²) < 4.78 is 0. The monoisotopic (exact) mass is 166 g/mol. The third-order valence-electron chi connectivity index (χ3n) is 2.76. The first-order chi connectivity index (χ1) is 5.63. The number of hydrogen-bond acceptors (Lipinski definition) is 2. The van der Waals surface area contributed by atoms with Crippen LogP contribution < -0.4 is 5.73 Å². The molecule has 0 radical (unpaired) electrons. The molecule has 2 heteroatoms. The Balaban J connectivity index is 2.64. The van der Waals surface area contributed by atoms with Crippen molar-refractivity contribution in [2.45, 2.75) is 39.5 Å². The average molecular weight is 166 g/mol. The van der Waals surface area contributed by atoms with Gasteiger partial charge >= 0.3 is 0 Å². The maximum atomic E-state index is 7.88. The first-order valence-corrected chi connectivity index (χ1v) is 4.64. The molecule has 1 rings (SSSR count). The highest BCUT2D eigenvalue weighted by Gasteiger charge is 2.20. The molecule has 1 saturated carbocycles. The number of rotatable bonds is 2. The van der Waals surface area contributed by atoms with Crippen LogP contribution in [0.5, 0.6) is 0 Å². The zero-order valence-corrected chi connectivity index (χ0v) is 7.98. The minimum atomic E-state index is 0.489. The van der Waals surface area contributed by atoms with Crippen LogP contribution in [0.1, 0.15) is 39.5 Å². The van der Waals surface area contributed by atoms with Crippen LogP contribution in [-0.4, -0.2) is 5.71 Å². The quantitative estimate of drug-likeness (QED) is 0.608. The third kappa shape index (κ3) is 1.87. The first-order valence-electron chi connectivity index (χ1n) is 4.64. The van der Waals surface area contributed by atoms with Gasteiger partial charge < -0.3 is 11.1 Å². The number of hydrogen-bond donors (Lipinski definition) is 2. The first kappa shape index (κ1) is 9.30. The molecule has 0 aromatic carbocycles. The summed E-state index contributed by atoms with van der Waals surface area (Å²) in [5.74, 6) is 0.489. The summed E-state index contributed by atoms with van der Waals surface area (Å²) in [5.41, 5.74) is 8.20. The van der Waals surface area contributed by atoms with Gasteiger partial charge in [-0.25, -0.2) is 0 Å². The molecule has 0 amide bonds. The van der Waals surface area contributed by atoms with Gasteiger partial charge in [-0.3, -0.25) is 0 Å². The van der Waals surface area contributed by atoms with Crippen LogP contribution in [0.25, 0.3) is 0 Å². The highest BCUT2D eigenvalue weighted by Crippen LogP contribution is 2.28. The topological polar surface area (TPSA) is 49.9 Å². The zero-order valence-electron chi connectivity index (χ0n) is 7.98. The van der Waals surface area contributed by atoms with E-state index >= 15 is 0 Å². The Bertz CT molecular complexity index is 206. The number of nitrogens with two attached hydrogens (primary N) is 1. The van der Waals surface area contributed by atoms with Gasteiger partial charge in [-0.1, -0.05) is 12.8 Å². The van der Waals surface area contributed by atoms with E-state index in [4.69, 9.17) is 11.1 Å². The Labute approximate surface area is 74.4 Å². The molecule has 1 aliphatic carbocycles.